The minimum absolute atomic E-state index is 0.000347. The largest absolute Gasteiger partial charge is 0.254 e. The lowest BCUT2D eigenvalue weighted by Crippen LogP contribution is -2.47. The Bertz CT molecular complexity index is 502. The van der Waals surface area contributed by atoms with Crippen molar-refractivity contribution in [2.75, 3.05) is 12.3 Å². The average Bonchev–Trinajstić information content (AvgIpc) is 2.69. The van der Waals surface area contributed by atoms with Crippen molar-refractivity contribution in [3.63, 3.8) is 0 Å². The molecule has 0 saturated carbocycles. The Hall–Kier alpha value is 0.180. The first-order chi connectivity index (χ1) is 7.93. The zero-order chi connectivity index (χ0) is 12.6. The van der Waals surface area contributed by atoms with Gasteiger partial charge in [0.2, 0.25) is 0 Å². The highest BCUT2D eigenvalue weighted by molar-refractivity contribution is 8.00. The van der Waals surface area contributed by atoms with Crippen LogP contribution in [0.3, 0.4) is 0 Å². The lowest BCUT2D eigenvalue weighted by atomic mass is 10.2. The van der Waals surface area contributed by atoms with Crippen molar-refractivity contribution in [3.05, 3.63) is 10.7 Å². The Labute approximate surface area is 114 Å². The van der Waals surface area contributed by atoms with Gasteiger partial charge in [-0.15, -0.1) is 0 Å². The smallest absolute Gasteiger partial charge is 0.232 e. The molecular weight excluding hydrogens is 300 g/mol. The number of hydrogen-bond donors (Lipinski definition) is 0. The van der Waals surface area contributed by atoms with E-state index in [1.807, 2.05) is 6.92 Å². The van der Waals surface area contributed by atoms with Gasteiger partial charge in [-0.2, -0.15) is 16.1 Å². The van der Waals surface area contributed by atoms with E-state index in [4.69, 9.17) is 11.6 Å². The van der Waals surface area contributed by atoms with Crippen molar-refractivity contribution in [3.8, 4) is 0 Å². The van der Waals surface area contributed by atoms with Gasteiger partial charge in [0, 0.05) is 23.6 Å². The van der Waals surface area contributed by atoms with E-state index in [0.717, 1.165) is 17.1 Å². The van der Waals surface area contributed by atoms with Crippen molar-refractivity contribution < 1.29 is 8.42 Å². The summed E-state index contributed by atoms with van der Waals surface area (Å²) in [5.41, 5.74) is 0. The van der Waals surface area contributed by atoms with Gasteiger partial charge in [0.15, 0.2) is 8.68 Å². The van der Waals surface area contributed by atoms with Crippen LogP contribution in [0.15, 0.2) is 10.4 Å². The van der Waals surface area contributed by atoms with E-state index in [0.29, 0.717) is 11.8 Å². The topological polar surface area (TPSA) is 50.3 Å². The fourth-order valence-corrected chi connectivity index (χ4v) is 6.14. The molecule has 0 N–H and O–H groups in total. The first-order valence-electron chi connectivity index (χ1n) is 5.17. The maximum atomic E-state index is 12.4. The van der Waals surface area contributed by atoms with E-state index in [2.05, 4.69) is 11.9 Å². The van der Waals surface area contributed by atoms with Gasteiger partial charge < -0.3 is 0 Å². The average molecular weight is 313 g/mol. The quantitative estimate of drug-likeness (QED) is 0.841. The molecule has 96 valence electrons. The summed E-state index contributed by atoms with van der Waals surface area (Å²) >= 11 is 8.50. The van der Waals surface area contributed by atoms with Crippen molar-refractivity contribution in [1.82, 2.24) is 9.29 Å². The van der Waals surface area contributed by atoms with Gasteiger partial charge in [-0.1, -0.05) is 29.9 Å². The van der Waals surface area contributed by atoms with E-state index < -0.39 is 10.0 Å². The van der Waals surface area contributed by atoms with Crippen LogP contribution in [0.2, 0.25) is 4.47 Å². The SMILES string of the molecule is CC1SCCN(S(=O)(=O)c2cnc(Cl)s2)C1C. The lowest BCUT2D eigenvalue weighted by Gasteiger charge is -2.35. The van der Waals surface area contributed by atoms with Crippen LogP contribution >= 0.6 is 34.7 Å². The zero-order valence-corrected chi connectivity index (χ0v) is 12.7. The molecule has 0 spiro atoms. The summed E-state index contributed by atoms with van der Waals surface area (Å²) < 4.78 is 26.8. The van der Waals surface area contributed by atoms with Crippen molar-refractivity contribution >= 4 is 44.7 Å². The van der Waals surface area contributed by atoms with Gasteiger partial charge in [-0.05, 0) is 6.92 Å². The third-order valence-electron chi connectivity index (χ3n) is 2.85. The molecule has 0 amide bonds. The molecule has 1 fully saturated rings. The van der Waals surface area contributed by atoms with Crippen molar-refractivity contribution in [2.24, 2.45) is 0 Å². The summed E-state index contributed by atoms with van der Waals surface area (Å²) in [7, 11) is -3.43. The van der Waals surface area contributed by atoms with Gasteiger partial charge in [-0.25, -0.2) is 13.4 Å². The summed E-state index contributed by atoms with van der Waals surface area (Å²) in [6.45, 7) is 4.54. The monoisotopic (exact) mass is 312 g/mol. The van der Waals surface area contributed by atoms with E-state index in [9.17, 15) is 8.42 Å². The summed E-state index contributed by atoms with van der Waals surface area (Å²) in [4.78, 5) is 3.79. The number of rotatable bonds is 2. The Morgan fingerprint density at radius 2 is 2.24 bits per heavy atom. The highest BCUT2D eigenvalue weighted by Crippen LogP contribution is 2.32. The molecule has 1 aliphatic heterocycles. The second-order valence-electron chi connectivity index (χ2n) is 3.86. The number of sulfonamides is 1. The fourth-order valence-electron chi connectivity index (χ4n) is 1.72. The van der Waals surface area contributed by atoms with Crippen LogP contribution in [0.25, 0.3) is 0 Å². The lowest BCUT2D eigenvalue weighted by molar-refractivity contribution is 0.341. The molecule has 2 atom stereocenters. The van der Waals surface area contributed by atoms with Crippen molar-refractivity contribution in [1.29, 1.82) is 0 Å². The van der Waals surface area contributed by atoms with Crippen LogP contribution in [0.1, 0.15) is 13.8 Å². The molecule has 1 aromatic heterocycles. The van der Waals surface area contributed by atoms with E-state index >= 15 is 0 Å². The third-order valence-corrected chi connectivity index (χ3v) is 7.72. The van der Waals surface area contributed by atoms with Gasteiger partial charge >= 0.3 is 0 Å². The minimum Gasteiger partial charge on any atom is -0.232 e. The first-order valence-corrected chi connectivity index (χ1v) is 8.86. The van der Waals surface area contributed by atoms with Gasteiger partial charge in [-0.3, -0.25) is 0 Å². The van der Waals surface area contributed by atoms with Crippen molar-refractivity contribution in [2.45, 2.75) is 29.3 Å². The fraction of sp³-hybridized carbons (Fsp3) is 0.667. The summed E-state index contributed by atoms with van der Waals surface area (Å²) in [5, 5.41) is 0.307. The zero-order valence-electron chi connectivity index (χ0n) is 9.46. The Kier molecular flexibility index (Phi) is 4.04. The molecule has 1 aliphatic rings. The number of hydrogen-bond acceptors (Lipinski definition) is 5. The number of thioether (sulfide) groups is 1. The first kappa shape index (κ1) is 13.6. The van der Waals surface area contributed by atoms with Gasteiger partial charge in [0.05, 0.1) is 6.20 Å². The second-order valence-corrected chi connectivity index (χ2v) is 9.08. The highest BCUT2D eigenvalue weighted by atomic mass is 35.5. The van der Waals surface area contributed by atoms with Crippen LogP contribution in [0.5, 0.6) is 0 Å². The van der Waals surface area contributed by atoms with Gasteiger partial charge in [0.25, 0.3) is 10.0 Å². The molecule has 8 heteroatoms. The molecule has 2 unspecified atom stereocenters. The van der Waals surface area contributed by atoms with Crippen LogP contribution in [-0.2, 0) is 10.0 Å². The summed E-state index contributed by atoms with van der Waals surface area (Å²) in [6, 6.07) is -0.000347. The van der Waals surface area contributed by atoms with E-state index in [1.165, 1.54) is 6.20 Å². The summed E-state index contributed by atoms with van der Waals surface area (Å²) in [6.07, 6.45) is 1.33. The molecule has 17 heavy (non-hydrogen) atoms. The maximum Gasteiger partial charge on any atom is 0.254 e. The second kappa shape index (κ2) is 5.05. The number of thiazole rings is 1. The molecule has 0 aromatic carbocycles. The molecule has 1 aromatic rings. The normalized spacial score (nSPS) is 27.2. The van der Waals surface area contributed by atoms with Crippen LogP contribution in [0.4, 0.5) is 0 Å². The highest BCUT2D eigenvalue weighted by Gasteiger charge is 2.35. The molecule has 2 heterocycles. The van der Waals surface area contributed by atoms with Gasteiger partial charge in [0.1, 0.15) is 0 Å². The minimum atomic E-state index is -3.43. The standard InChI is InChI=1S/C9H13ClN2O2S3/c1-6-7(2)15-4-3-12(6)17(13,14)8-5-11-9(10)16-8/h5-7H,3-4H2,1-2H3. The summed E-state index contributed by atoms with van der Waals surface area (Å²) in [5.74, 6) is 0.831. The number of aromatic nitrogens is 1. The number of nitrogens with zero attached hydrogens (tertiary/aromatic N) is 2. The predicted molar refractivity (Wildman–Crippen MR) is 72.4 cm³/mol. The Morgan fingerprint density at radius 3 is 2.82 bits per heavy atom. The van der Waals surface area contributed by atoms with Crippen LogP contribution < -0.4 is 0 Å². The third kappa shape index (κ3) is 2.63. The predicted octanol–water partition coefficient (Wildman–Crippen LogP) is 2.31. The number of halogens is 1. The molecular formula is C9H13ClN2O2S3. The Balaban J connectivity index is 2.32. The van der Waals surface area contributed by atoms with Crippen LogP contribution in [-0.4, -0.2) is 41.3 Å². The van der Waals surface area contributed by atoms with E-state index in [1.54, 1.807) is 16.1 Å². The van der Waals surface area contributed by atoms with E-state index in [-0.39, 0.29) is 14.7 Å². The van der Waals surface area contributed by atoms with Crippen LogP contribution in [0, 0.1) is 0 Å². The molecule has 0 aliphatic carbocycles. The molecule has 1 saturated heterocycles. The molecule has 4 nitrogen and oxygen atoms in total. The molecule has 0 radical (unpaired) electrons. The Morgan fingerprint density at radius 1 is 1.53 bits per heavy atom. The molecule has 0 bridgehead atoms. The molecule has 2 rings (SSSR count). The maximum absolute atomic E-state index is 12.4.